The van der Waals surface area contributed by atoms with Crippen molar-refractivity contribution in [2.75, 3.05) is 19.6 Å². The van der Waals surface area contributed by atoms with Crippen molar-refractivity contribution >= 4 is 11.6 Å². The third kappa shape index (κ3) is 3.79. The summed E-state index contributed by atoms with van der Waals surface area (Å²) in [6.07, 6.45) is 2.13. The second kappa shape index (κ2) is 6.89. The van der Waals surface area contributed by atoms with Gasteiger partial charge in [-0.15, -0.1) is 0 Å². The molecule has 102 valence electrons. The van der Waals surface area contributed by atoms with E-state index in [0.29, 0.717) is 18.0 Å². The van der Waals surface area contributed by atoms with E-state index >= 15 is 0 Å². The fourth-order valence-corrected chi connectivity index (χ4v) is 2.24. The monoisotopic (exact) mass is 261 g/mol. The van der Waals surface area contributed by atoms with Crippen molar-refractivity contribution in [3.05, 3.63) is 35.9 Å². The van der Waals surface area contributed by atoms with Gasteiger partial charge in [-0.1, -0.05) is 35.5 Å². The number of carbonyl (C=O) groups excluding carboxylic acids is 1. The molecule has 2 rings (SSSR count). The van der Waals surface area contributed by atoms with Crippen molar-refractivity contribution in [3.63, 3.8) is 0 Å². The molecule has 3 N–H and O–H groups in total. The van der Waals surface area contributed by atoms with Gasteiger partial charge in [0.25, 0.3) is 5.91 Å². The van der Waals surface area contributed by atoms with Crippen LogP contribution >= 0.6 is 0 Å². The average molecular weight is 261 g/mol. The molecule has 1 heterocycles. The third-order valence-corrected chi connectivity index (χ3v) is 3.37. The minimum absolute atomic E-state index is 0.0644. The minimum Gasteiger partial charge on any atom is -0.410 e. The molecule has 0 unspecified atom stereocenters. The second-order valence-electron chi connectivity index (χ2n) is 4.72. The first-order valence-corrected chi connectivity index (χ1v) is 6.57. The lowest BCUT2D eigenvalue weighted by Gasteiger charge is -2.22. The van der Waals surface area contributed by atoms with Gasteiger partial charge in [0, 0.05) is 12.1 Å². The highest BCUT2D eigenvalue weighted by Crippen LogP contribution is 2.10. The SMILES string of the molecule is O=C(NCC1CCNCC1)C(=NO)c1ccccc1. The summed E-state index contributed by atoms with van der Waals surface area (Å²) >= 11 is 0. The predicted molar refractivity (Wildman–Crippen MR) is 73.4 cm³/mol. The molecule has 0 atom stereocenters. The van der Waals surface area contributed by atoms with Crippen molar-refractivity contribution in [2.45, 2.75) is 12.8 Å². The number of benzene rings is 1. The van der Waals surface area contributed by atoms with Gasteiger partial charge in [0.2, 0.25) is 0 Å². The zero-order chi connectivity index (χ0) is 13.5. The molecular formula is C14H19N3O2. The lowest BCUT2D eigenvalue weighted by molar-refractivity contribution is -0.115. The molecule has 0 spiro atoms. The van der Waals surface area contributed by atoms with Crippen LogP contribution in [-0.2, 0) is 4.79 Å². The first kappa shape index (κ1) is 13.5. The highest BCUT2D eigenvalue weighted by molar-refractivity contribution is 6.45. The van der Waals surface area contributed by atoms with Crippen molar-refractivity contribution in [1.82, 2.24) is 10.6 Å². The van der Waals surface area contributed by atoms with Gasteiger partial charge in [-0.05, 0) is 31.8 Å². The predicted octanol–water partition coefficient (Wildman–Crippen LogP) is 0.981. The van der Waals surface area contributed by atoms with Crippen LogP contribution < -0.4 is 10.6 Å². The largest absolute Gasteiger partial charge is 0.410 e. The number of oxime groups is 1. The molecule has 0 aliphatic carbocycles. The van der Waals surface area contributed by atoms with E-state index < -0.39 is 0 Å². The minimum atomic E-state index is -0.327. The Morgan fingerprint density at radius 1 is 1.32 bits per heavy atom. The van der Waals surface area contributed by atoms with E-state index in [4.69, 9.17) is 5.21 Å². The summed E-state index contributed by atoms with van der Waals surface area (Å²) in [6.45, 7) is 2.63. The topological polar surface area (TPSA) is 73.7 Å². The number of hydrogen-bond acceptors (Lipinski definition) is 4. The maximum atomic E-state index is 12.0. The Bertz CT molecular complexity index is 439. The van der Waals surface area contributed by atoms with Gasteiger partial charge in [0.1, 0.15) is 0 Å². The van der Waals surface area contributed by atoms with Crippen molar-refractivity contribution in [3.8, 4) is 0 Å². The second-order valence-corrected chi connectivity index (χ2v) is 4.72. The molecule has 5 heteroatoms. The molecule has 1 aromatic carbocycles. The average Bonchev–Trinajstić information content (AvgIpc) is 2.48. The van der Waals surface area contributed by atoms with Crippen LogP contribution in [0.3, 0.4) is 0 Å². The van der Waals surface area contributed by atoms with Gasteiger partial charge in [0.15, 0.2) is 5.71 Å². The summed E-state index contributed by atoms with van der Waals surface area (Å²) in [5.41, 5.74) is 0.683. The Morgan fingerprint density at radius 3 is 2.63 bits per heavy atom. The maximum Gasteiger partial charge on any atom is 0.273 e. The van der Waals surface area contributed by atoms with Crippen LogP contribution in [0.4, 0.5) is 0 Å². The van der Waals surface area contributed by atoms with E-state index in [0.717, 1.165) is 25.9 Å². The molecule has 1 aromatic rings. The molecule has 0 bridgehead atoms. The Kier molecular flexibility index (Phi) is 4.92. The van der Waals surface area contributed by atoms with Crippen LogP contribution in [0.5, 0.6) is 0 Å². The highest BCUT2D eigenvalue weighted by Gasteiger charge is 2.17. The molecule has 1 fully saturated rings. The molecule has 1 aliphatic rings. The molecule has 0 aromatic heterocycles. The van der Waals surface area contributed by atoms with E-state index in [2.05, 4.69) is 15.8 Å². The summed E-state index contributed by atoms with van der Waals surface area (Å²) in [7, 11) is 0. The fourth-order valence-electron chi connectivity index (χ4n) is 2.24. The number of carbonyl (C=O) groups is 1. The molecule has 1 aliphatic heterocycles. The number of nitrogens with one attached hydrogen (secondary N) is 2. The van der Waals surface area contributed by atoms with Gasteiger partial charge < -0.3 is 15.8 Å². The van der Waals surface area contributed by atoms with Gasteiger partial charge in [-0.3, -0.25) is 4.79 Å². The molecule has 1 saturated heterocycles. The lowest BCUT2D eigenvalue weighted by atomic mass is 9.98. The summed E-state index contributed by atoms with van der Waals surface area (Å²) in [5, 5.41) is 18.2. The molecule has 5 nitrogen and oxygen atoms in total. The van der Waals surface area contributed by atoms with Crippen molar-refractivity contribution in [1.29, 1.82) is 0 Å². The Hall–Kier alpha value is -1.88. The van der Waals surface area contributed by atoms with E-state index in [1.807, 2.05) is 6.07 Å². The van der Waals surface area contributed by atoms with Crippen LogP contribution in [0.1, 0.15) is 18.4 Å². The van der Waals surface area contributed by atoms with Crippen LogP contribution in [0.25, 0.3) is 0 Å². The van der Waals surface area contributed by atoms with Gasteiger partial charge >= 0.3 is 0 Å². The Labute approximate surface area is 112 Å². The lowest BCUT2D eigenvalue weighted by Crippen LogP contribution is -2.39. The molecule has 0 radical (unpaired) electrons. The highest BCUT2D eigenvalue weighted by atomic mass is 16.4. The Morgan fingerprint density at radius 2 is 2.00 bits per heavy atom. The number of nitrogens with zero attached hydrogens (tertiary/aromatic N) is 1. The zero-order valence-electron chi connectivity index (χ0n) is 10.8. The van der Waals surface area contributed by atoms with E-state index in [1.54, 1.807) is 24.3 Å². The molecule has 19 heavy (non-hydrogen) atoms. The van der Waals surface area contributed by atoms with Gasteiger partial charge in [-0.2, -0.15) is 0 Å². The first-order chi connectivity index (χ1) is 9.31. The number of rotatable bonds is 4. The van der Waals surface area contributed by atoms with Gasteiger partial charge in [0.05, 0.1) is 0 Å². The third-order valence-electron chi connectivity index (χ3n) is 3.37. The van der Waals surface area contributed by atoms with Gasteiger partial charge in [-0.25, -0.2) is 0 Å². The molecular weight excluding hydrogens is 242 g/mol. The van der Waals surface area contributed by atoms with Crippen molar-refractivity contribution < 1.29 is 10.0 Å². The molecule has 0 saturated carbocycles. The summed E-state index contributed by atoms with van der Waals surface area (Å²) in [5.74, 6) is 0.174. The summed E-state index contributed by atoms with van der Waals surface area (Å²) in [4.78, 5) is 12.0. The quantitative estimate of drug-likeness (QED) is 0.430. The number of piperidine rings is 1. The summed E-state index contributed by atoms with van der Waals surface area (Å²) < 4.78 is 0. The normalized spacial score (nSPS) is 17.2. The smallest absolute Gasteiger partial charge is 0.273 e. The van der Waals surface area contributed by atoms with E-state index in [1.165, 1.54) is 0 Å². The van der Waals surface area contributed by atoms with E-state index in [-0.39, 0.29) is 11.6 Å². The standard InChI is InChI=1S/C14H19N3O2/c18-14(16-10-11-6-8-15-9-7-11)13(17-19)12-4-2-1-3-5-12/h1-5,11,15,19H,6-10H2,(H,16,18). The van der Waals surface area contributed by atoms with E-state index in [9.17, 15) is 4.79 Å². The molecule has 1 amide bonds. The van der Waals surface area contributed by atoms with Crippen LogP contribution in [-0.4, -0.2) is 36.5 Å². The zero-order valence-corrected chi connectivity index (χ0v) is 10.8. The Balaban J connectivity index is 1.91. The summed E-state index contributed by atoms with van der Waals surface area (Å²) in [6, 6.07) is 8.96. The van der Waals surface area contributed by atoms with Crippen molar-refractivity contribution in [2.24, 2.45) is 11.1 Å². The van der Waals surface area contributed by atoms with Crippen LogP contribution in [0, 0.1) is 5.92 Å². The number of hydrogen-bond donors (Lipinski definition) is 3. The maximum absolute atomic E-state index is 12.0. The van der Waals surface area contributed by atoms with Crippen LogP contribution in [0.2, 0.25) is 0 Å². The fraction of sp³-hybridized carbons (Fsp3) is 0.429. The number of amides is 1. The van der Waals surface area contributed by atoms with Crippen LogP contribution in [0.15, 0.2) is 35.5 Å². The first-order valence-electron chi connectivity index (χ1n) is 6.57.